The fourth-order valence-electron chi connectivity index (χ4n) is 3.00. The van der Waals surface area contributed by atoms with E-state index in [1.807, 2.05) is 38.6 Å². The van der Waals surface area contributed by atoms with Gasteiger partial charge in [0, 0.05) is 17.3 Å². The van der Waals surface area contributed by atoms with E-state index in [9.17, 15) is 0 Å². The number of hydrogen-bond acceptors (Lipinski definition) is 6. The Balaban J connectivity index is 1.74. The van der Waals surface area contributed by atoms with Gasteiger partial charge in [0.25, 0.3) is 0 Å². The van der Waals surface area contributed by atoms with Crippen LogP contribution >= 0.6 is 23.3 Å². The molecule has 0 bridgehead atoms. The van der Waals surface area contributed by atoms with E-state index in [0.29, 0.717) is 0 Å². The fourth-order valence-corrected chi connectivity index (χ4v) is 4.37. The van der Waals surface area contributed by atoms with Crippen molar-refractivity contribution >= 4 is 45.7 Å². The third-order valence-corrected chi connectivity index (χ3v) is 5.65. The molecule has 0 radical (unpaired) electrons. The molecule has 0 unspecified atom stereocenters. The summed E-state index contributed by atoms with van der Waals surface area (Å²) in [4.78, 5) is 8.86. The normalized spacial score (nSPS) is 11.3. The van der Waals surface area contributed by atoms with Gasteiger partial charge in [0.2, 0.25) is 0 Å². The van der Waals surface area contributed by atoms with E-state index >= 15 is 0 Å². The molecule has 0 aliphatic heterocycles. The molecule has 3 heterocycles. The van der Waals surface area contributed by atoms with Crippen LogP contribution in [0.4, 0.5) is 11.4 Å². The Morgan fingerprint density at radius 2 is 2.07 bits per heavy atom. The number of H-pyrrole nitrogens is 1. The second-order valence-electron chi connectivity index (χ2n) is 6.19. The first kappa shape index (κ1) is 17.9. The number of nitrogens with zero attached hydrogens (tertiary/aromatic N) is 2. The topological polar surface area (TPSA) is 53.2 Å². The average molecular weight is 397 g/mol. The first-order valence-electron chi connectivity index (χ1n) is 8.44. The van der Waals surface area contributed by atoms with Crippen LogP contribution < -0.4 is 10.1 Å². The zero-order valence-electron chi connectivity index (χ0n) is 15.3. The molecule has 0 amide bonds. The van der Waals surface area contributed by atoms with E-state index < -0.39 is 0 Å². The molecule has 0 aliphatic rings. The molecule has 7 heteroatoms. The Labute approximate surface area is 166 Å². The van der Waals surface area contributed by atoms with Gasteiger partial charge in [-0.2, -0.15) is 11.3 Å². The molecular weight excluding hydrogens is 376 g/mol. The standard InChI is InChI=1S/C20H20N4OS2/c1-24(2)27-14-4-5-16(18(10-14)25-3)23-17-11-22-20-19(17)15(6-8-21-20)13-7-9-26-12-13/h4-12,23H,1-3H3,(H,21,22). The van der Waals surface area contributed by atoms with Crippen LogP contribution in [0.25, 0.3) is 22.2 Å². The van der Waals surface area contributed by atoms with Gasteiger partial charge in [0.1, 0.15) is 11.4 Å². The minimum Gasteiger partial charge on any atom is -0.495 e. The highest BCUT2D eigenvalue weighted by atomic mass is 32.2. The number of ether oxygens (including phenoxy) is 1. The van der Waals surface area contributed by atoms with Gasteiger partial charge in [-0.15, -0.1) is 0 Å². The maximum atomic E-state index is 5.61. The van der Waals surface area contributed by atoms with Crippen LogP contribution in [0.2, 0.25) is 0 Å². The van der Waals surface area contributed by atoms with Crippen molar-refractivity contribution in [3.05, 3.63) is 53.5 Å². The van der Waals surface area contributed by atoms with E-state index in [1.165, 1.54) is 5.56 Å². The molecule has 0 saturated carbocycles. The number of rotatable bonds is 6. The summed E-state index contributed by atoms with van der Waals surface area (Å²) in [7, 11) is 5.74. The van der Waals surface area contributed by atoms with E-state index in [2.05, 4.69) is 48.5 Å². The molecule has 2 N–H and O–H groups in total. The SMILES string of the molecule is COc1cc(SN(C)C)ccc1Nc1c[nH]c2nccc(-c3ccsc3)c12. The monoisotopic (exact) mass is 396 g/mol. The Bertz CT molecular complexity index is 1060. The first-order valence-corrected chi connectivity index (χ1v) is 10.2. The molecule has 0 aliphatic carbocycles. The summed E-state index contributed by atoms with van der Waals surface area (Å²) < 4.78 is 7.67. The minimum absolute atomic E-state index is 0.803. The van der Waals surface area contributed by atoms with Gasteiger partial charge >= 0.3 is 0 Å². The predicted octanol–water partition coefficient (Wildman–Crippen LogP) is 5.61. The second kappa shape index (κ2) is 7.64. The lowest BCUT2D eigenvalue weighted by molar-refractivity contribution is 0.415. The van der Waals surface area contributed by atoms with Crippen molar-refractivity contribution in [3.63, 3.8) is 0 Å². The van der Waals surface area contributed by atoms with Crippen molar-refractivity contribution < 1.29 is 4.74 Å². The summed E-state index contributed by atoms with van der Waals surface area (Å²) >= 11 is 3.35. The van der Waals surface area contributed by atoms with Crippen molar-refractivity contribution in [2.45, 2.75) is 4.90 Å². The maximum absolute atomic E-state index is 5.61. The number of aromatic nitrogens is 2. The highest BCUT2D eigenvalue weighted by molar-refractivity contribution is 7.97. The number of aromatic amines is 1. The number of fused-ring (bicyclic) bond motifs is 1. The van der Waals surface area contributed by atoms with Crippen LogP contribution in [0, 0.1) is 0 Å². The molecule has 0 saturated heterocycles. The van der Waals surface area contributed by atoms with E-state index in [0.717, 1.165) is 38.6 Å². The molecule has 0 spiro atoms. The van der Waals surface area contributed by atoms with Crippen LogP contribution in [0.1, 0.15) is 0 Å². The average Bonchev–Trinajstić information content (AvgIpc) is 3.32. The van der Waals surface area contributed by atoms with Crippen LogP contribution in [0.3, 0.4) is 0 Å². The fraction of sp³-hybridized carbons (Fsp3) is 0.150. The lowest BCUT2D eigenvalue weighted by Gasteiger charge is -2.14. The van der Waals surface area contributed by atoms with Crippen LogP contribution in [-0.2, 0) is 0 Å². The van der Waals surface area contributed by atoms with Gasteiger partial charge in [-0.05, 0) is 78.3 Å². The van der Waals surface area contributed by atoms with Crippen molar-refractivity contribution in [1.82, 2.24) is 14.3 Å². The number of hydrogen-bond donors (Lipinski definition) is 2. The molecular formula is C20H20N4OS2. The number of benzene rings is 1. The van der Waals surface area contributed by atoms with Crippen molar-refractivity contribution in [2.75, 3.05) is 26.5 Å². The zero-order chi connectivity index (χ0) is 18.8. The molecule has 3 aromatic heterocycles. The Kier molecular flexibility index (Phi) is 5.07. The lowest BCUT2D eigenvalue weighted by Crippen LogP contribution is -1.99. The van der Waals surface area contributed by atoms with Crippen molar-refractivity contribution in [2.24, 2.45) is 0 Å². The number of pyridine rings is 1. The summed E-state index contributed by atoms with van der Waals surface area (Å²) in [5.41, 5.74) is 5.11. The molecule has 4 rings (SSSR count). The van der Waals surface area contributed by atoms with Crippen LogP contribution in [0.5, 0.6) is 5.75 Å². The number of thiophene rings is 1. The lowest BCUT2D eigenvalue weighted by atomic mass is 10.1. The third-order valence-electron chi connectivity index (χ3n) is 4.14. The highest BCUT2D eigenvalue weighted by Gasteiger charge is 2.14. The van der Waals surface area contributed by atoms with Crippen molar-refractivity contribution in [1.29, 1.82) is 0 Å². The molecule has 138 valence electrons. The molecule has 1 aromatic carbocycles. The largest absolute Gasteiger partial charge is 0.495 e. The van der Waals surface area contributed by atoms with Gasteiger partial charge in [0.05, 0.1) is 23.9 Å². The zero-order valence-corrected chi connectivity index (χ0v) is 16.9. The smallest absolute Gasteiger partial charge is 0.143 e. The van der Waals surface area contributed by atoms with Gasteiger partial charge in [-0.3, -0.25) is 4.31 Å². The molecule has 4 aromatic rings. The molecule has 5 nitrogen and oxygen atoms in total. The van der Waals surface area contributed by atoms with Crippen LogP contribution in [0.15, 0.2) is 58.4 Å². The predicted molar refractivity (Wildman–Crippen MR) is 115 cm³/mol. The highest BCUT2D eigenvalue weighted by Crippen LogP contribution is 2.38. The molecule has 0 fully saturated rings. The van der Waals surface area contributed by atoms with Gasteiger partial charge in [0.15, 0.2) is 0 Å². The maximum Gasteiger partial charge on any atom is 0.143 e. The summed E-state index contributed by atoms with van der Waals surface area (Å²) in [6.45, 7) is 0. The summed E-state index contributed by atoms with van der Waals surface area (Å²) in [6, 6.07) is 10.4. The van der Waals surface area contributed by atoms with Crippen molar-refractivity contribution in [3.8, 4) is 16.9 Å². The first-order chi connectivity index (χ1) is 13.2. The Hall–Kier alpha value is -2.48. The molecule has 0 atom stereocenters. The van der Waals surface area contributed by atoms with E-state index in [1.54, 1.807) is 30.4 Å². The number of anilines is 2. The quantitative estimate of drug-likeness (QED) is 0.415. The van der Waals surface area contributed by atoms with Crippen LogP contribution in [-0.4, -0.2) is 35.5 Å². The Morgan fingerprint density at radius 3 is 2.81 bits per heavy atom. The summed E-state index contributed by atoms with van der Waals surface area (Å²) in [5, 5.41) is 8.83. The van der Waals surface area contributed by atoms with Gasteiger partial charge in [-0.25, -0.2) is 4.98 Å². The summed E-state index contributed by atoms with van der Waals surface area (Å²) in [5.74, 6) is 0.803. The summed E-state index contributed by atoms with van der Waals surface area (Å²) in [6.07, 6.45) is 3.79. The van der Waals surface area contributed by atoms with E-state index in [-0.39, 0.29) is 0 Å². The van der Waals surface area contributed by atoms with Gasteiger partial charge < -0.3 is 15.0 Å². The third kappa shape index (κ3) is 3.66. The van der Waals surface area contributed by atoms with E-state index in [4.69, 9.17) is 4.74 Å². The number of methoxy groups -OCH3 is 1. The van der Waals surface area contributed by atoms with Gasteiger partial charge in [-0.1, -0.05) is 0 Å². The minimum atomic E-state index is 0.803. The number of nitrogens with one attached hydrogen (secondary N) is 2. The Morgan fingerprint density at radius 1 is 1.19 bits per heavy atom. The molecule has 27 heavy (non-hydrogen) atoms. The second-order valence-corrected chi connectivity index (χ2v) is 8.35.